The summed E-state index contributed by atoms with van der Waals surface area (Å²) in [6.07, 6.45) is 0. The number of fused-ring (bicyclic) bond motifs is 1. The van der Waals surface area contributed by atoms with Gasteiger partial charge in [-0.25, -0.2) is 4.90 Å². The molecule has 0 radical (unpaired) electrons. The fraction of sp³-hybridized carbons (Fsp3) is 0.273. The number of carbonyl (C=O) groups excluding carboxylic acids is 2. The molecule has 0 aromatic heterocycles. The van der Waals surface area contributed by atoms with Gasteiger partial charge in [-0.3, -0.25) is 9.59 Å². The molecule has 0 atom stereocenters. The van der Waals surface area contributed by atoms with Gasteiger partial charge >= 0.3 is 0 Å². The van der Waals surface area contributed by atoms with Crippen LogP contribution in [0.2, 0.25) is 0 Å². The van der Waals surface area contributed by atoms with Crippen LogP contribution in [-0.2, 0) is 4.74 Å². The molecule has 2 amide bonds. The Balaban J connectivity index is 2.33. The van der Waals surface area contributed by atoms with Crippen LogP contribution in [0.4, 0.5) is 0 Å². The lowest BCUT2D eigenvalue weighted by Crippen LogP contribution is -2.32. The van der Waals surface area contributed by atoms with E-state index in [1.54, 1.807) is 12.1 Å². The second kappa shape index (κ2) is 4.50. The summed E-state index contributed by atoms with van der Waals surface area (Å²) in [6, 6.07) is 5.22. The third-order valence-corrected chi connectivity index (χ3v) is 3.03. The largest absolute Gasteiger partial charge is 0.361 e. The van der Waals surface area contributed by atoms with Gasteiger partial charge in [0.1, 0.15) is 6.73 Å². The van der Waals surface area contributed by atoms with Gasteiger partial charge in [0, 0.05) is 10.2 Å². The Bertz CT molecular complexity index is 459. The Hall–Kier alpha value is -0.950. The molecule has 4 nitrogen and oxygen atoms in total. The number of rotatable bonds is 3. The van der Waals surface area contributed by atoms with Crippen molar-refractivity contribution in [1.82, 2.24) is 4.90 Å². The molecule has 0 bridgehead atoms. The first kappa shape index (κ1) is 11.5. The van der Waals surface area contributed by atoms with Gasteiger partial charge in [-0.2, -0.15) is 0 Å². The van der Waals surface area contributed by atoms with Gasteiger partial charge in [0.25, 0.3) is 11.8 Å². The molecular weight excluding hydrogens is 321 g/mol. The summed E-state index contributed by atoms with van der Waals surface area (Å²) in [5.74, 6) is -0.545. The van der Waals surface area contributed by atoms with Gasteiger partial charge < -0.3 is 4.74 Å². The first-order chi connectivity index (χ1) is 7.65. The highest BCUT2D eigenvalue weighted by atomic mass is 127. The van der Waals surface area contributed by atoms with Gasteiger partial charge in [0.15, 0.2) is 0 Å². The van der Waals surface area contributed by atoms with Crippen LogP contribution in [0.25, 0.3) is 0 Å². The van der Waals surface area contributed by atoms with Crippen LogP contribution in [0.1, 0.15) is 27.6 Å². The molecule has 1 aromatic carbocycles. The molecule has 84 valence electrons. The molecule has 2 rings (SSSR count). The van der Waals surface area contributed by atoms with Gasteiger partial charge in [0.2, 0.25) is 0 Å². The SMILES string of the molecule is CCOCN1C(=O)c2ccc(I)cc2C1=O. The second-order valence-corrected chi connectivity index (χ2v) is 4.60. The van der Waals surface area contributed by atoms with Gasteiger partial charge in [-0.1, -0.05) is 0 Å². The van der Waals surface area contributed by atoms with Crippen molar-refractivity contribution in [2.45, 2.75) is 6.92 Å². The lowest BCUT2D eigenvalue weighted by atomic mass is 10.1. The molecule has 0 saturated heterocycles. The zero-order valence-corrected chi connectivity index (χ0v) is 10.9. The molecule has 0 spiro atoms. The molecule has 0 unspecified atom stereocenters. The maximum atomic E-state index is 11.9. The maximum absolute atomic E-state index is 11.9. The number of carbonyl (C=O) groups is 2. The lowest BCUT2D eigenvalue weighted by molar-refractivity contribution is 0.0289. The summed E-state index contributed by atoms with van der Waals surface area (Å²) < 4.78 is 6.04. The van der Waals surface area contributed by atoms with E-state index in [1.165, 1.54) is 0 Å². The summed E-state index contributed by atoms with van der Waals surface area (Å²) >= 11 is 2.11. The summed E-state index contributed by atoms with van der Waals surface area (Å²) in [6.45, 7) is 2.32. The van der Waals surface area contributed by atoms with E-state index in [9.17, 15) is 9.59 Å². The smallest absolute Gasteiger partial charge is 0.263 e. The highest BCUT2D eigenvalue weighted by Crippen LogP contribution is 2.24. The minimum Gasteiger partial charge on any atom is -0.361 e. The summed E-state index contributed by atoms with van der Waals surface area (Å²) in [5, 5.41) is 0. The van der Waals surface area contributed by atoms with Crippen molar-refractivity contribution in [3.63, 3.8) is 0 Å². The molecular formula is C11H10INO3. The van der Waals surface area contributed by atoms with Crippen LogP contribution in [0, 0.1) is 3.57 Å². The number of nitrogens with zero attached hydrogens (tertiary/aromatic N) is 1. The summed E-state index contributed by atoms with van der Waals surface area (Å²) in [7, 11) is 0. The zero-order chi connectivity index (χ0) is 11.7. The number of hydrogen-bond acceptors (Lipinski definition) is 3. The minimum atomic E-state index is -0.273. The maximum Gasteiger partial charge on any atom is 0.263 e. The van der Waals surface area contributed by atoms with Crippen LogP contribution >= 0.6 is 22.6 Å². The number of halogens is 1. The summed E-state index contributed by atoms with van der Waals surface area (Å²) in [4.78, 5) is 24.9. The highest BCUT2D eigenvalue weighted by molar-refractivity contribution is 14.1. The molecule has 0 saturated carbocycles. The monoisotopic (exact) mass is 331 g/mol. The zero-order valence-electron chi connectivity index (χ0n) is 8.70. The van der Waals surface area contributed by atoms with Crippen molar-refractivity contribution >= 4 is 34.4 Å². The Morgan fingerprint density at radius 3 is 2.62 bits per heavy atom. The van der Waals surface area contributed by atoms with Gasteiger partial charge in [-0.05, 0) is 47.7 Å². The predicted octanol–water partition coefficient (Wildman–Crippen LogP) is 1.88. The molecule has 16 heavy (non-hydrogen) atoms. The normalized spacial score (nSPS) is 14.5. The van der Waals surface area contributed by atoms with Crippen molar-refractivity contribution in [1.29, 1.82) is 0 Å². The van der Waals surface area contributed by atoms with E-state index in [0.717, 1.165) is 8.47 Å². The molecule has 1 aliphatic heterocycles. The molecule has 0 fully saturated rings. The number of amides is 2. The average molecular weight is 331 g/mol. The first-order valence-electron chi connectivity index (χ1n) is 4.88. The fourth-order valence-corrected chi connectivity index (χ4v) is 2.05. The molecule has 1 aromatic rings. The van der Waals surface area contributed by atoms with Gasteiger partial charge in [-0.15, -0.1) is 0 Å². The molecule has 1 aliphatic rings. The van der Waals surface area contributed by atoms with E-state index in [4.69, 9.17) is 4.74 Å². The van der Waals surface area contributed by atoms with Crippen molar-refractivity contribution in [2.75, 3.05) is 13.3 Å². The lowest BCUT2D eigenvalue weighted by Gasteiger charge is -2.12. The second-order valence-electron chi connectivity index (χ2n) is 3.35. The van der Waals surface area contributed by atoms with E-state index >= 15 is 0 Å². The van der Waals surface area contributed by atoms with Crippen LogP contribution in [0.3, 0.4) is 0 Å². The number of benzene rings is 1. The van der Waals surface area contributed by atoms with Crippen LogP contribution in [-0.4, -0.2) is 30.1 Å². The molecule has 0 N–H and O–H groups in total. The molecule has 1 heterocycles. The standard InChI is InChI=1S/C11H10INO3/c1-2-16-6-13-10(14)8-4-3-7(12)5-9(8)11(13)15/h3-5H,2,6H2,1H3. The highest BCUT2D eigenvalue weighted by Gasteiger charge is 2.35. The third-order valence-electron chi connectivity index (χ3n) is 2.36. The Morgan fingerprint density at radius 1 is 1.25 bits per heavy atom. The Labute approximate surface area is 107 Å². The van der Waals surface area contributed by atoms with E-state index in [2.05, 4.69) is 22.6 Å². The van der Waals surface area contributed by atoms with Crippen LogP contribution < -0.4 is 0 Å². The topological polar surface area (TPSA) is 46.6 Å². The minimum absolute atomic E-state index is 0.0272. The summed E-state index contributed by atoms with van der Waals surface area (Å²) in [5.41, 5.74) is 0.932. The van der Waals surface area contributed by atoms with Crippen molar-refractivity contribution in [3.05, 3.63) is 32.9 Å². The first-order valence-corrected chi connectivity index (χ1v) is 5.96. The third kappa shape index (κ3) is 1.84. The number of hydrogen-bond donors (Lipinski definition) is 0. The van der Waals surface area contributed by atoms with Crippen molar-refractivity contribution < 1.29 is 14.3 Å². The van der Waals surface area contributed by atoms with E-state index in [1.807, 2.05) is 13.0 Å². The fourth-order valence-electron chi connectivity index (χ4n) is 1.56. The van der Waals surface area contributed by atoms with Crippen LogP contribution in [0.15, 0.2) is 18.2 Å². The average Bonchev–Trinajstić information content (AvgIpc) is 2.50. The number of ether oxygens (including phenoxy) is 1. The van der Waals surface area contributed by atoms with Gasteiger partial charge in [0.05, 0.1) is 11.1 Å². The van der Waals surface area contributed by atoms with Crippen LogP contribution in [0.5, 0.6) is 0 Å². The Morgan fingerprint density at radius 2 is 1.94 bits per heavy atom. The predicted molar refractivity (Wildman–Crippen MR) is 66.2 cm³/mol. The van der Waals surface area contributed by atoms with E-state index in [-0.39, 0.29) is 18.5 Å². The van der Waals surface area contributed by atoms with Crippen molar-refractivity contribution in [2.24, 2.45) is 0 Å². The van der Waals surface area contributed by atoms with E-state index in [0.29, 0.717) is 17.7 Å². The quantitative estimate of drug-likeness (QED) is 0.628. The van der Waals surface area contributed by atoms with E-state index < -0.39 is 0 Å². The Kier molecular flexibility index (Phi) is 3.25. The number of imide groups is 1. The molecule has 0 aliphatic carbocycles. The van der Waals surface area contributed by atoms with Crippen molar-refractivity contribution in [3.8, 4) is 0 Å². The molecule has 5 heteroatoms.